The van der Waals surface area contributed by atoms with Gasteiger partial charge in [-0.2, -0.15) is 0 Å². The van der Waals surface area contributed by atoms with Crippen LogP contribution in [-0.2, 0) is 16.3 Å². The van der Waals surface area contributed by atoms with E-state index >= 15 is 0 Å². The zero-order valence-corrected chi connectivity index (χ0v) is 13.8. The second-order valence-electron chi connectivity index (χ2n) is 5.32. The molecule has 23 heavy (non-hydrogen) atoms. The van der Waals surface area contributed by atoms with Gasteiger partial charge in [0.05, 0.1) is 24.4 Å². The van der Waals surface area contributed by atoms with E-state index in [2.05, 4.69) is 0 Å². The summed E-state index contributed by atoms with van der Waals surface area (Å²) in [5.74, 6) is 1.39. The van der Waals surface area contributed by atoms with Gasteiger partial charge in [-0.05, 0) is 30.7 Å². The molecule has 1 aliphatic carbocycles. The summed E-state index contributed by atoms with van der Waals surface area (Å²) in [5.41, 5.74) is 1.74. The van der Waals surface area contributed by atoms with Crippen molar-refractivity contribution in [3.63, 3.8) is 0 Å². The van der Waals surface area contributed by atoms with Crippen LogP contribution in [0, 0.1) is 0 Å². The fourth-order valence-electron chi connectivity index (χ4n) is 2.86. The van der Waals surface area contributed by atoms with E-state index in [1.54, 1.807) is 50.6 Å². The van der Waals surface area contributed by atoms with E-state index in [-0.39, 0.29) is 0 Å². The van der Waals surface area contributed by atoms with Crippen LogP contribution in [0.1, 0.15) is 11.1 Å². The van der Waals surface area contributed by atoms with E-state index in [0.717, 1.165) is 11.1 Å². The summed E-state index contributed by atoms with van der Waals surface area (Å²) >= 11 is 0. The topological polar surface area (TPSA) is 52.6 Å². The normalized spacial score (nSPS) is 16.7. The minimum Gasteiger partial charge on any atom is -0.496 e. The third-order valence-corrected chi connectivity index (χ3v) is 6.12. The van der Waals surface area contributed by atoms with Gasteiger partial charge in [0, 0.05) is 11.1 Å². The summed E-state index contributed by atoms with van der Waals surface area (Å²) in [6, 6.07) is 12.2. The third kappa shape index (κ3) is 2.72. The number of hydrogen-bond acceptors (Lipinski definition) is 4. The van der Waals surface area contributed by atoms with Crippen molar-refractivity contribution < 1.29 is 17.9 Å². The molecule has 0 spiro atoms. The summed E-state index contributed by atoms with van der Waals surface area (Å²) in [5, 5.41) is -0.613. The number of benzene rings is 2. The number of sulfone groups is 1. The van der Waals surface area contributed by atoms with Gasteiger partial charge in [0.2, 0.25) is 0 Å². The lowest BCUT2D eigenvalue weighted by Crippen LogP contribution is -2.24. The Hall–Kier alpha value is -2.27. The van der Waals surface area contributed by atoms with Crippen molar-refractivity contribution in [1.29, 1.82) is 0 Å². The van der Waals surface area contributed by atoms with Gasteiger partial charge in [0.1, 0.15) is 11.5 Å². The molecule has 1 aliphatic rings. The second kappa shape index (κ2) is 6.08. The van der Waals surface area contributed by atoms with Crippen LogP contribution < -0.4 is 9.47 Å². The number of hydrogen-bond donors (Lipinski definition) is 0. The molecule has 0 aliphatic heterocycles. The monoisotopic (exact) mass is 330 g/mol. The van der Waals surface area contributed by atoms with Crippen molar-refractivity contribution in [3.05, 3.63) is 59.7 Å². The lowest BCUT2D eigenvalue weighted by Gasteiger charge is -2.23. The molecule has 2 aromatic carbocycles. The number of ether oxygens (including phenoxy) is 2. The van der Waals surface area contributed by atoms with Gasteiger partial charge in [-0.15, -0.1) is 0 Å². The van der Waals surface area contributed by atoms with Crippen molar-refractivity contribution in [3.8, 4) is 11.5 Å². The smallest absolute Gasteiger partial charge is 0.185 e. The fraction of sp³-hybridized carbons (Fsp3) is 0.222. The van der Waals surface area contributed by atoms with Crippen LogP contribution in [0.4, 0.5) is 0 Å². The second-order valence-corrected chi connectivity index (χ2v) is 7.49. The molecule has 4 nitrogen and oxygen atoms in total. The summed E-state index contributed by atoms with van der Waals surface area (Å²) in [7, 11) is -0.248. The third-order valence-electron chi connectivity index (χ3n) is 4.07. The van der Waals surface area contributed by atoms with Crippen LogP contribution in [-0.4, -0.2) is 27.9 Å². The molecule has 2 aromatic rings. The predicted octanol–water partition coefficient (Wildman–Crippen LogP) is 3.12. The maximum absolute atomic E-state index is 12.8. The molecule has 0 radical (unpaired) electrons. The van der Waals surface area contributed by atoms with Crippen molar-refractivity contribution in [2.24, 2.45) is 0 Å². The van der Waals surface area contributed by atoms with Gasteiger partial charge >= 0.3 is 0 Å². The Kier molecular flexibility index (Phi) is 4.13. The molecule has 0 fully saturated rings. The highest BCUT2D eigenvalue weighted by Crippen LogP contribution is 2.37. The summed E-state index contributed by atoms with van der Waals surface area (Å²) < 4.78 is 36.4. The molecule has 5 heteroatoms. The first-order valence-electron chi connectivity index (χ1n) is 7.29. The Morgan fingerprint density at radius 3 is 2.26 bits per heavy atom. The van der Waals surface area contributed by atoms with Crippen LogP contribution in [0.15, 0.2) is 53.4 Å². The highest BCUT2D eigenvalue weighted by Gasteiger charge is 2.30. The first kappa shape index (κ1) is 15.6. The van der Waals surface area contributed by atoms with E-state index in [1.165, 1.54) is 0 Å². The van der Waals surface area contributed by atoms with Crippen molar-refractivity contribution in [2.45, 2.75) is 16.6 Å². The van der Waals surface area contributed by atoms with E-state index in [9.17, 15) is 8.42 Å². The largest absolute Gasteiger partial charge is 0.496 e. The Labute approximate surface area is 136 Å². The predicted molar refractivity (Wildman–Crippen MR) is 89.7 cm³/mol. The first-order valence-corrected chi connectivity index (χ1v) is 8.83. The number of fused-ring (bicyclic) bond motifs is 1. The number of methoxy groups -OCH3 is 2. The molecule has 0 saturated heterocycles. The van der Waals surface area contributed by atoms with Crippen LogP contribution in [0.2, 0.25) is 0 Å². The van der Waals surface area contributed by atoms with Crippen molar-refractivity contribution >= 4 is 15.9 Å². The Bertz CT molecular complexity index is 839. The van der Waals surface area contributed by atoms with Crippen LogP contribution in [0.3, 0.4) is 0 Å². The molecular weight excluding hydrogens is 312 g/mol. The summed E-state index contributed by atoms with van der Waals surface area (Å²) in [6.45, 7) is 0. The van der Waals surface area contributed by atoms with Gasteiger partial charge in [0.25, 0.3) is 0 Å². The zero-order valence-electron chi connectivity index (χ0n) is 13.0. The van der Waals surface area contributed by atoms with Crippen molar-refractivity contribution in [1.82, 2.24) is 0 Å². The molecule has 0 heterocycles. The quantitative estimate of drug-likeness (QED) is 0.864. The molecule has 0 amide bonds. The Balaban J connectivity index is 2.05. The van der Waals surface area contributed by atoms with Crippen molar-refractivity contribution in [2.75, 3.05) is 14.2 Å². The summed E-state index contributed by atoms with van der Waals surface area (Å²) in [4.78, 5) is 0.333. The highest BCUT2D eigenvalue weighted by molar-refractivity contribution is 7.92. The molecular formula is C18H18O4S. The summed E-state index contributed by atoms with van der Waals surface area (Å²) in [6.07, 6.45) is 3.90. The van der Waals surface area contributed by atoms with Gasteiger partial charge < -0.3 is 9.47 Å². The van der Waals surface area contributed by atoms with Crippen LogP contribution in [0.25, 0.3) is 6.08 Å². The lowest BCUT2D eigenvalue weighted by atomic mass is 9.95. The van der Waals surface area contributed by atoms with E-state index in [4.69, 9.17) is 9.47 Å². The minimum absolute atomic E-state index is 0.333. The van der Waals surface area contributed by atoms with E-state index in [1.807, 2.05) is 18.2 Å². The van der Waals surface area contributed by atoms with E-state index in [0.29, 0.717) is 22.8 Å². The minimum atomic E-state index is -3.43. The molecule has 120 valence electrons. The average molecular weight is 330 g/mol. The van der Waals surface area contributed by atoms with Gasteiger partial charge in [-0.3, -0.25) is 0 Å². The lowest BCUT2D eigenvalue weighted by molar-refractivity contribution is 0.397. The molecule has 0 saturated carbocycles. The van der Waals surface area contributed by atoms with Gasteiger partial charge in [0.15, 0.2) is 9.84 Å². The first-order chi connectivity index (χ1) is 11.1. The SMILES string of the molecule is COc1ccc(OC)c2c1C=CC(S(=O)(=O)c1ccccc1)C2. The van der Waals surface area contributed by atoms with Crippen LogP contribution in [0.5, 0.6) is 11.5 Å². The molecule has 0 aromatic heterocycles. The maximum atomic E-state index is 12.8. The molecule has 0 bridgehead atoms. The maximum Gasteiger partial charge on any atom is 0.185 e. The van der Waals surface area contributed by atoms with Crippen LogP contribution >= 0.6 is 0 Å². The fourth-order valence-corrected chi connectivity index (χ4v) is 4.41. The highest BCUT2D eigenvalue weighted by atomic mass is 32.2. The Morgan fingerprint density at radius 2 is 1.61 bits per heavy atom. The number of rotatable bonds is 4. The van der Waals surface area contributed by atoms with Gasteiger partial charge in [-0.25, -0.2) is 8.42 Å². The van der Waals surface area contributed by atoms with E-state index < -0.39 is 15.1 Å². The molecule has 1 unspecified atom stereocenters. The molecule has 0 N–H and O–H groups in total. The Morgan fingerprint density at radius 1 is 0.957 bits per heavy atom. The molecule has 3 rings (SSSR count). The zero-order chi connectivity index (χ0) is 16.4. The van der Waals surface area contributed by atoms with Gasteiger partial charge in [-0.1, -0.05) is 30.4 Å². The average Bonchev–Trinajstić information content (AvgIpc) is 2.61. The standard InChI is InChI=1S/C18H18O4S/c1-21-17-10-11-18(22-2)16-12-14(8-9-15(16)17)23(19,20)13-6-4-3-5-7-13/h3-11,14H,12H2,1-2H3. The molecule has 1 atom stereocenters.